The van der Waals surface area contributed by atoms with E-state index in [1.807, 2.05) is 30.3 Å². The summed E-state index contributed by atoms with van der Waals surface area (Å²) >= 11 is 6.09. The van der Waals surface area contributed by atoms with Gasteiger partial charge in [0.25, 0.3) is 0 Å². The molecule has 1 saturated carbocycles. The maximum absolute atomic E-state index is 10.4. The number of hydrogen-bond acceptors (Lipinski definition) is 6. The Balaban J connectivity index is 0.000000177. The number of aromatic nitrogens is 2. The van der Waals surface area contributed by atoms with Gasteiger partial charge in [-0.3, -0.25) is 0 Å². The first-order valence-electron chi connectivity index (χ1n) is 8.58. The number of carbonyl (C=O) groups is 1. The van der Waals surface area contributed by atoms with Gasteiger partial charge in [0.2, 0.25) is 0 Å². The lowest BCUT2D eigenvalue weighted by Crippen LogP contribution is -1.95. The minimum absolute atomic E-state index is 0.255. The molecule has 140 valence electrons. The van der Waals surface area contributed by atoms with Crippen LogP contribution < -0.4 is 11.5 Å². The maximum atomic E-state index is 10.4. The summed E-state index contributed by atoms with van der Waals surface area (Å²) in [4.78, 5) is 14.4. The van der Waals surface area contributed by atoms with Crippen LogP contribution in [0.3, 0.4) is 0 Å². The highest BCUT2D eigenvalue weighted by atomic mass is 35.5. The first-order valence-corrected chi connectivity index (χ1v) is 8.96. The third-order valence-corrected chi connectivity index (χ3v) is 4.89. The molecule has 1 aliphatic rings. The van der Waals surface area contributed by atoms with E-state index in [0.29, 0.717) is 23.1 Å². The molecule has 1 aliphatic carbocycles. The zero-order valence-corrected chi connectivity index (χ0v) is 15.7. The predicted molar refractivity (Wildman–Crippen MR) is 106 cm³/mol. The first kappa shape index (κ1) is 18.9. The predicted octanol–water partition coefficient (Wildman–Crippen LogP) is 4.03. The highest BCUT2D eigenvalue weighted by molar-refractivity contribution is 6.33. The summed E-state index contributed by atoms with van der Waals surface area (Å²) in [7, 11) is 0. The van der Waals surface area contributed by atoms with E-state index < -0.39 is 0 Å². The molecule has 3 aromatic rings. The fourth-order valence-electron chi connectivity index (χ4n) is 2.58. The quantitative estimate of drug-likeness (QED) is 0.657. The number of anilines is 2. The normalized spacial score (nSPS) is 14.1. The smallest absolute Gasteiger partial charge is 0.167 e. The van der Waals surface area contributed by atoms with E-state index in [4.69, 9.17) is 27.6 Å². The number of rotatable bonds is 4. The molecule has 27 heavy (non-hydrogen) atoms. The Kier molecular flexibility index (Phi) is 5.46. The third kappa shape index (κ3) is 4.65. The Hall–Kier alpha value is -2.86. The Morgan fingerprint density at radius 2 is 1.89 bits per heavy atom. The van der Waals surface area contributed by atoms with Crippen molar-refractivity contribution in [2.45, 2.75) is 31.6 Å². The molecule has 7 heteroatoms. The second-order valence-electron chi connectivity index (χ2n) is 6.83. The Morgan fingerprint density at radius 3 is 2.41 bits per heavy atom. The number of carbonyl (C=O) groups excluding carboxylic acids is 1. The van der Waals surface area contributed by atoms with Crippen molar-refractivity contribution in [2.24, 2.45) is 0 Å². The number of benzene rings is 1. The van der Waals surface area contributed by atoms with Crippen molar-refractivity contribution in [2.75, 3.05) is 11.5 Å². The molecule has 4 N–H and O–H groups in total. The number of nitrogens with two attached hydrogens (primary N) is 2. The van der Waals surface area contributed by atoms with Gasteiger partial charge in [-0.25, -0.2) is 4.98 Å². The van der Waals surface area contributed by atoms with Crippen LogP contribution in [0.5, 0.6) is 0 Å². The lowest BCUT2D eigenvalue weighted by atomic mass is 10.0. The van der Waals surface area contributed by atoms with Gasteiger partial charge in [-0.2, -0.15) is 0 Å². The van der Waals surface area contributed by atoms with E-state index in [1.165, 1.54) is 12.8 Å². The van der Waals surface area contributed by atoms with Crippen molar-refractivity contribution in [1.29, 1.82) is 0 Å². The summed E-state index contributed by atoms with van der Waals surface area (Å²) < 4.78 is 5.02. The number of aldehydes is 1. The van der Waals surface area contributed by atoms with Crippen molar-refractivity contribution in [3.8, 4) is 11.1 Å². The number of nitrogens with zero attached hydrogens (tertiary/aromatic N) is 2. The molecule has 2 aromatic heterocycles. The van der Waals surface area contributed by atoms with Crippen LogP contribution in [0, 0.1) is 0 Å². The molecule has 0 unspecified atom stereocenters. The maximum Gasteiger partial charge on any atom is 0.167 e. The summed E-state index contributed by atoms with van der Waals surface area (Å²) in [6.45, 7) is 2.16. The molecule has 1 fully saturated rings. The highest BCUT2D eigenvalue weighted by Gasteiger charge is 2.42. The van der Waals surface area contributed by atoms with Crippen molar-refractivity contribution in [3.05, 3.63) is 58.9 Å². The van der Waals surface area contributed by atoms with Gasteiger partial charge in [0.15, 0.2) is 5.82 Å². The molecule has 0 amide bonds. The molecule has 0 saturated heterocycles. The molecule has 2 heterocycles. The van der Waals surface area contributed by atoms with Crippen LogP contribution in [0.2, 0.25) is 5.02 Å². The molecular formula is C20H21ClN4O2. The fraction of sp³-hybridized carbons (Fsp3) is 0.250. The fourth-order valence-corrected chi connectivity index (χ4v) is 2.85. The summed E-state index contributed by atoms with van der Waals surface area (Å²) in [5.74, 6) is 1.82. The number of pyridine rings is 1. The van der Waals surface area contributed by atoms with E-state index >= 15 is 0 Å². The van der Waals surface area contributed by atoms with Gasteiger partial charge in [0, 0.05) is 29.7 Å². The topological polar surface area (TPSA) is 108 Å². The average Bonchev–Trinajstić information content (AvgIpc) is 3.23. The monoisotopic (exact) mass is 384 g/mol. The van der Waals surface area contributed by atoms with Gasteiger partial charge in [-0.15, -0.1) is 0 Å². The summed E-state index contributed by atoms with van der Waals surface area (Å²) in [6.07, 6.45) is 5.34. The highest BCUT2D eigenvalue weighted by Crippen LogP contribution is 2.47. The van der Waals surface area contributed by atoms with Crippen molar-refractivity contribution in [1.82, 2.24) is 10.1 Å². The van der Waals surface area contributed by atoms with E-state index in [1.54, 1.807) is 12.3 Å². The van der Waals surface area contributed by atoms with Gasteiger partial charge in [-0.1, -0.05) is 47.9 Å². The molecule has 1 aromatic carbocycles. The van der Waals surface area contributed by atoms with Crippen molar-refractivity contribution >= 4 is 29.5 Å². The number of nitrogen functional groups attached to an aromatic ring is 2. The van der Waals surface area contributed by atoms with E-state index in [9.17, 15) is 4.79 Å². The van der Waals surface area contributed by atoms with Crippen LogP contribution in [-0.2, 0) is 16.6 Å². The summed E-state index contributed by atoms with van der Waals surface area (Å²) in [6, 6.07) is 11.1. The standard InChI is InChI=1S/C13H11ClN2O.C7H10N2O/c14-12-7-13(15)16-8-11(12)10-3-1-9(2-4-10)5-6-17;1-7(2-3-7)5-4-6(8)9-10-5/h1-4,6-8H,5H2,(H2,15,16);4H,2-3H2,1H3,(H2,8,9). The lowest BCUT2D eigenvalue weighted by Gasteiger charge is -2.05. The second kappa shape index (κ2) is 7.80. The molecule has 0 aliphatic heterocycles. The van der Waals surface area contributed by atoms with Gasteiger partial charge in [0.1, 0.15) is 17.9 Å². The molecule has 0 atom stereocenters. The van der Waals surface area contributed by atoms with Gasteiger partial charge >= 0.3 is 0 Å². The zero-order chi connectivity index (χ0) is 19.4. The third-order valence-electron chi connectivity index (χ3n) is 4.58. The number of hydrogen-bond donors (Lipinski definition) is 2. The Morgan fingerprint density at radius 1 is 1.19 bits per heavy atom. The van der Waals surface area contributed by atoms with Crippen LogP contribution in [0.1, 0.15) is 31.1 Å². The average molecular weight is 385 g/mol. The minimum atomic E-state index is 0.255. The first-order chi connectivity index (χ1) is 12.9. The molecule has 0 spiro atoms. The van der Waals surface area contributed by atoms with Crippen LogP contribution >= 0.6 is 11.6 Å². The van der Waals surface area contributed by atoms with E-state index in [-0.39, 0.29) is 5.41 Å². The lowest BCUT2D eigenvalue weighted by molar-refractivity contribution is -0.107. The molecule has 0 radical (unpaired) electrons. The molecule has 6 nitrogen and oxygen atoms in total. The summed E-state index contributed by atoms with van der Waals surface area (Å²) in [5.41, 5.74) is 14.0. The van der Waals surface area contributed by atoms with Crippen molar-refractivity contribution < 1.29 is 9.32 Å². The number of halogens is 1. The molecule has 4 rings (SSSR count). The summed E-state index contributed by atoms with van der Waals surface area (Å²) in [5, 5.41) is 4.20. The SMILES string of the molecule is CC1(c2cc(N)no2)CC1.Nc1cc(Cl)c(-c2ccc(CC=O)cc2)cn1. The van der Waals surface area contributed by atoms with Crippen LogP contribution in [0.25, 0.3) is 11.1 Å². The van der Waals surface area contributed by atoms with E-state index in [0.717, 1.165) is 28.7 Å². The second-order valence-corrected chi connectivity index (χ2v) is 7.24. The van der Waals surface area contributed by atoms with Crippen LogP contribution in [-0.4, -0.2) is 16.4 Å². The molecular weight excluding hydrogens is 364 g/mol. The van der Waals surface area contributed by atoms with E-state index in [2.05, 4.69) is 17.1 Å². The van der Waals surface area contributed by atoms with Gasteiger partial charge < -0.3 is 20.8 Å². The van der Waals surface area contributed by atoms with Gasteiger partial charge in [-0.05, 0) is 30.0 Å². The Labute approximate surface area is 162 Å². The van der Waals surface area contributed by atoms with Crippen LogP contribution in [0.15, 0.2) is 47.1 Å². The van der Waals surface area contributed by atoms with Crippen molar-refractivity contribution in [3.63, 3.8) is 0 Å². The Bertz CT molecular complexity index is 933. The largest absolute Gasteiger partial charge is 0.384 e. The molecule has 0 bridgehead atoms. The minimum Gasteiger partial charge on any atom is -0.384 e. The van der Waals surface area contributed by atoms with Gasteiger partial charge in [0.05, 0.1) is 5.02 Å². The van der Waals surface area contributed by atoms with Crippen LogP contribution in [0.4, 0.5) is 11.6 Å². The zero-order valence-electron chi connectivity index (χ0n) is 15.0.